The second-order valence-corrected chi connectivity index (χ2v) is 13.6. The van der Waals surface area contributed by atoms with Crippen molar-refractivity contribution in [2.24, 2.45) is 5.92 Å². The number of aliphatic hydroxyl groups excluding tert-OH is 1. The van der Waals surface area contributed by atoms with Crippen molar-refractivity contribution in [1.82, 2.24) is 8.61 Å². The van der Waals surface area contributed by atoms with Crippen molar-refractivity contribution in [2.75, 3.05) is 26.7 Å². The van der Waals surface area contributed by atoms with Crippen molar-refractivity contribution in [3.63, 3.8) is 0 Å². The number of halogens is 1. The first kappa shape index (κ1) is 29.7. The number of likely N-dealkylation sites (N-methyl/N-ethyl adjacent to an activating group) is 1. The molecule has 1 heterocycles. The molecule has 8 nitrogen and oxygen atoms in total. The molecule has 0 saturated heterocycles. The summed E-state index contributed by atoms with van der Waals surface area (Å²) in [6.45, 7) is 2.71. The van der Waals surface area contributed by atoms with Crippen LogP contribution in [0.15, 0.2) is 82.6 Å². The van der Waals surface area contributed by atoms with Crippen LogP contribution in [0.3, 0.4) is 0 Å². The van der Waals surface area contributed by atoms with Crippen LogP contribution in [-0.2, 0) is 20.0 Å². The van der Waals surface area contributed by atoms with Gasteiger partial charge in [-0.3, -0.25) is 0 Å². The van der Waals surface area contributed by atoms with E-state index >= 15 is 0 Å². The molecular weight excluding hydrogens is 555 g/mol. The van der Waals surface area contributed by atoms with Gasteiger partial charge in [-0.2, -0.15) is 8.61 Å². The van der Waals surface area contributed by atoms with Crippen LogP contribution in [0.25, 0.3) is 0 Å². The smallest absolute Gasteiger partial charge is 0.247 e. The van der Waals surface area contributed by atoms with E-state index in [4.69, 9.17) is 4.74 Å². The highest BCUT2D eigenvalue weighted by molar-refractivity contribution is 7.89. The van der Waals surface area contributed by atoms with Crippen LogP contribution in [0.1, 0.15) is 25.0 Å². The number of rotatable bonds is 6. The van der Waals surface area contributed by atoms with E-state index in [1.807, 2.05) is 30.3 Å². The van der Waals surface area contributed by atoms with Crippen LogP contribution < -0.4 is 4.74 Å². The summed E-state index contributed by atoms with van der Waals surface area (Å²) in [5, 5.41) is 9.83. The van der Waals surface area contributed by atoms with Crippen LogP contribution in [0.4, 0.5) is 4.39 Å². The van der Waals surface area contributed by atoms with Gasteiger partial charge >= 0.3 is 0 Å². The molecule has 0 bridgehead atoms. The van der Waals surface area contributed by atoms with E-state index in [-0.39, 0.29) is 23.7 Å². The fraction of sp³-hybridized carbons (Fsp3) is 0.310. The molecule has 0 amide bonds. The second-order valence-electron chi connectivity index (χ2n) is 9.73. The maximum absolute atomic E-state index is 14.4. The third kappa shape index (κ3) is 6.22. The lowest BCUT2D eigenvalue weighted by Crippen LogP contribution is -2.50. The first-order valence-electron chi connectivity index (χ1n) is 12.7. The van der Waals surface area contributed by atoms with Crippen molar-refractivity contribution >= 4 is 20.0 Å². The van der Waals surface area contributed by atoms with E-state index < -0.39 is 55.4 Å². The summed E-state index contributed by atoms with van der Waals surface area (Å²) in [5.41, 5.74) is 1.27. The first-order valence-corrected chi connectivity index (χ1v) is 15.5. The monoisotopic (exact) mass is 586 g/mol. The third-order valence-corrected chi connectivity index (χ3v) is 10.6. The van der Waals surface area contributed by atoms with E-state index in [1.165, 1.54) is 41.7 Å². The highest BCUT2D eigenvalue weighted by atomic mass is 32.2. The highest BCUT2D eigenvalue weighted by Gasteiger charge is 2.39. The lowest BCUT2D eigenvalue weighted by Gasteiger charge is -2.37. The maximum Gasteiger partial charge on any atom is 0.247 e. The molecule has 3 atom stereocenters. The molecule has 1 aliphatic heterocycles. The van der Waals surface area contributed by atoms with Gasteiger partial charge in [0.05, 0.1) is 13.2 Å². The molecule has 0 aliphatic carbocycles. The number of nitrogens with zero attached hydrogens (tertiary/aromatic N) is 2. The van der Waals surface area contributed by atoms with E-state index in [0.29, 0.717) is 5.56 Å². The Morgan fingerprint density at radius 1 is 1.07 bits per heavy atom. The highest BCUT2D eigenvalue weighted by Crippen LogP contribution is 2.34. The maximum atomic E-state index is 14.4. The van der Waals surface area contributed by atoms with Gasteiger partial charge in [0.1, 0.15) is 27.5 Å². The Balaban J connectivity index is 1.75. The van der Waals surface area contributed by atoms with Gasteiger partial charge in [0.2, 0.25) is 20.0 Å². The van der Waals surface area contributed by atoms with Crippen molar-refractivity contribution in [2.45, 2.75) is 35.8 Å². The molecule has 0 saturated carbocycles. The van der Waals surface area contributed by atoms with Gasteiger partial charge in [0.25, 0.3) is 0 Å². The average molecular weight is 587 g/mol. The first-order chi connectivity index (χ1) is 18.9. The average Bonchev–Trinajstić information content (AvgIpc) is 2.93. The number of benzene rings is 3. The predicted octanol–water partition coefficient (Wildman–Crippen LogP) is 3.31. The fourth-order valence-electron chi connectivity index (χ4n) is 4.36. The van der Waals surface area contributed by atoms with Crippen LogP contribution in [-0.4, -0.2) is 69.4 Å². The molecule has 3 aromatic carbocycles. The fourth-order valence-corrected chi connectivity index (χ4v) is 7.43. The number of aliphatic hydroxyl groups is 1. The van der Waals surface area contributed by atoms with E-state index in [9.17, 15) is 26.3 Å². The van der Waals surface area contributed by atoms with Crippen LogP contribution in [0, 0.1) is 23.6 Å². The standard InChI is InChI=1S/C29H31FN2O6S2/c1-21-18-32(22(2)20-33)40(36,37)29-16-15-24(14-13-23-9-5-4-6-10-23)17-26(29)38-27(21)19-31(3)39(34,35)28-12-8-7-11-25(28)30/h4-12,15-17,21-22,27,33H,18-20H2,1-3H3/t21-,22-,27-/m0/s1. The molecule has 0 spiro atoms. The second kappa shape index (κ2) is 12.1. The Bertz CT molecular complexity index is 1640. The molecule has 3 aromatic rings. The number of hydrogen-bond acceptors (Lipinski definition) is 6. The van der Waals surface area contributed by atoms with Gasteiger partial charge in [0.15, 0.2) is 0 Å². The number of ether oxygens (including phenoxy) is 1. The number of fused-ring (bicyclic) bond motifs is 1. The minimum Gasteiger partial charge on any atom is -0.487 e. The molecular formula is C29H31FN2O6S2. The van der Waals surface area contributed by atoms with Gasteiger partial charge in [-0.05, 0) is 49.4 Å². The van der Waals surface area contributed by atoms with Crippen LogP contribution >= 0.6 is 0 Å². The molecule has 4 rings (SSSR count). The zero-order valence-corrected chi connectivity index (χ0v) is 24.0. The summed E-state index contributed by atoms with van der Waals surface area (Å²) in [4.78, 5) is -0.581. The Hall–Kier alpha value is -3.27. The SMILES string of the molecule is C[C@H]1CN([C@@H](C)CO)S(=O)(=O)c2ccc(C#Cc3ccccc3)cc2O[C@H]1CN(C)S(=O)(=O)c1ccccc1F. The number of sulfonamides is 2. The van der Waals surface area contributed by atoms with Crippen LogP contribution in [0.2, 0.25) is 0 Å². The van der Waals surface area contributed by atoms with Gasteiger partial charge in [-0.15, -0.1) is 0 Å². The molecule has 1 N–H and O–H groups in total. The third-order valence-electron chi connectivity index (χ3n) is 6.75. The quantitative estimate of drug-likeness (QED) is 0.445. The van der Waals surface area contributed by atoms with Crippen molar-refractivity contribution in [3.05, 3.63) is 89.7 Å². The summed E-state index contributed by atoms with van der Waals surface area (Å²) in [6.07, 6.45) is -0.813. The number of hydrogen-bond donors (Lipinski definition) is 1. The summed E-state index contributed by atoms with van der Waals surface area (Å²) in [7, 11) is -6.97. The summed E-state index contributed by atoms with van der Waals surface area (Å²) in [5.74, 6) is 4.68. The molecule has 40 heavy (non-hydrogen) atoms. The van der Waals surface area contributed by atoms with Gasteiger partial charge in [0, 0.05) is 36.7 Å². The summed E-state index contributed by atoms with van der Waals surface area (Å²) < 4.78 is 76.6. The molecule has 0 fully saturated rings. The largest absolute Gasteiger partial charge is 0.487 e. The Morgan fingerprint density at radius 3 is 2.40 bits per heavy atom. The normalized spacial score (nSPS) is 19.9. The van der Waals surface area contributed by atoms with Crippen molar-refractivity contribution in [3.8, 4) is 17.6 Å². The van der Waals surface area contributed by atoms with Gasteiger partial charge in [-0.25, -0.2) is 21.2 Å². The summed E-state index contributed by atoms with van der Waals surface area (Å²) in [6, 6.07) is 18.1. The minimum absolute atomic E-state index is 0.0169. The Kier molecular flexibility index (Phi) is 8.97. The van der Waals surface area contributed by atoms with Gasteiger partial charge in [-0.1, -0.05) is 49.1 Å². The minimum atomic E-state index is -4.21. The molecule has 0 aromatic heterocycles. The molecule has 0 unspecified atom stereocenters. The molecule has 212 valence electrons. The summed E-state index contributed by atoms with van der Waals surface area (Å²) >= 11 is 0. The Morgan fingerprint density at radius 2 is 1.73 bits per heavy atom. The topological polar surface area (TPSA) is 104 Å². The zero-order chi connectivity index (χ0) is 29.1. The van der Waals surface area contributed by atoms with E-state index in [1.54, 1.807) is 19.9 Å². The van der Waals surface area contributed by atoms with Gasteiger partial charge < -0.3 is 9.84 Å². The van der Waals surface area contributed by atoms with E-state index in [2.05, 4.69) is 11.8 Å². The predicted molar refractivity (Wildman–Crippen MR) is 149 cm³/mol. The lowest BCUT2D eigenvalue weighted by molar-refractivity contribution is 0.0904. The molecule has 0 radical (unpaired) electrons. The van der Waals surface area contributed by atoms with Crippen LogP contribution in [0.5, 0.6) is 5.75 Å². The molecule has 11 heteroatoms. The van der Waals surface area contributed by atoms with E-state index in [0.717, 1.165) is 15.9 Å². The zero-order valence-electron chi connectivity index (χ0n) is 22.4. The Labute approximate surface area is 235 Å². The van der Waals surface area contributed by atoms with Crippen molar-refractivity contribution < 1.29 is 31.1 Å². The van der Waals surface area contributed by atoms with Crippen molar-refractivity contribution in [1.29, 1.82) is 0 Å². The lowest BCUT2D eigenvalue weighted by atomic mass is 10.0. The molecule has 1 aliphatic rings.